The predicted molar refractivity (Wildman–Crippen MR) is 74.0 cm³/mol. The molecule has 0 saturated carbocycles. The van der Waals surface area contributed by atoms with Crippen molar-refractivity contribution in [2.45, 2.75) is 32.4 Å². The van der Waals surface area contributed by atoms with Gasteiger partial charge < -0.3 is 5.32 Å². The molecule has 0 radical (unpaired) electrons. The van der Waals surface area contributed by atoms with E-state index in [1.165, 1.54) is 11.3 Å². The Balaban J connectivity index is 1.94. The van der Waals surface area contributed by atoms with Gasteiger partial charge >= 0.3 is 0 Å². The summed E-state index contributed by atoms with van der Waals surface area (Å²) >= 11 is 6.26. The smallest absolute Gasteiger partial charge is 0.0839 e. The van der Waals surface area contributed by atoms with Gasteiger partial charge in [-0.15, -0.1) is 0 Å². The van der Waals surface area contributed by atoms with Gasteiger partial charge in [-0.2, -0.15) is 5.10 Å². The van der Waals surface area contributed by atoms with E-state index in [0.29, 0.717) is 0 Å². The van der Waals surface area contributed by atoms with Crippen LogP contribution in [0.5, 0.6) is 0 Å². The second-order valence-corrected chi connectivity index (χ2v) is 4.99. The number of nitrogens with zero attached hydrogens (tertiary/aromatic N) is 2. The van der Waals surface area contributed by atoms with E-state index >= 15 is 0 Å². The summed E-state index contributed by atoms with van der Waals surface area (Å²) in [5, 5.41) is 8.64. The summed E-state index contributed by atoms with van der Waals surface area (Å²) in [4.78, 5) is 0. The van der Waals surface area contributed by atoms with Gasteiger partial charge in [-0.05, 0) is 31.4 Å². The van der Waals surface area contributed by atoms with Crippen LogP contribution in [0.3, 0.4) is 0 Å². The molecule has 2 heterocycles. The van der Waals surface area contributed by atoms with Crippen LogP contribution in [0, 0.1) is 0 Å². The van der Waals surface area contributed by atoms with E-state index < -0.39 is 0 Å². The van der Waals surface area contributed by atoms with E-state index in [4.69, 9.17) is 11.6 Å². The van der Waals surface area contributed by atoms with Crippen molar-refractivity contribution < 1.29 is 0 Å². The molecular weight excluding hydrogens is 246 g/mol. The zero-order valence-corrected chi connectivity index (χ0v) is 11.1. The molecule has 0 saturated heterocycles. The van der Waals surface area contributed by atoms with Crippen molar-refractivity contribution in [2.75, 3.05) is 5.32 Å². The number of hydrogen-bond donors (Lipinski definition) is 1. The Hall–Kier alpha value is -1.48. The fourth-order valence-electron chi connectivity index (χ4n) is 2.61. The number of para-hydroxylation sites is 1. The number of hydrogen-bond acceptors (Lipinski definition) is 2. The van der Waals surface area contributed by atoms with Gasteiger partial charge in [0.2, 0.25) is 0 Å². The third-order valence-corrected chi connectivity index (χ3v) is 3.80. The number of rotatable bonds is 2. The van der Waals surface area contributed by atoms with Gasteiger partial charge in [-0.3, -0.25) is 4.68 Å². The van der Waals surface area contributed by atoms with E-state index in [2.05, 4.69) is 41.6 Å². The first kappa shape index (κ1) is 11.6. The Morgan fingerprint density at radius 3 is 3.11 bits per heavy atom. The van der Waals surface area contributed by atoms with Crippen LogP contribution in [-0.2, 0) is 13.0 Å². The summed E-state index contributed by atoms with van der Waals surface area (Å²) in [6, 6.07) is 8.71. The highest BCUT2D eigenvalue weighted by molar-refractivity contribution is 6.31. The number of fused-ring (bicyclic) bond motifs is 1. The van der Waals surface area contributed by atoms with E-state index in [-0.39, 0.29) is 6.04 Å². The number of anilines is 1. The topological polar surface area (TPSA) is 29.9 Å². The Morgan fingerprint density at radius 2 is 2.28 bits per heavy atom. The highest BCUT2D eigenvalue weighted by Gasteiger charge is 2.24. The molecule has 2 aromatic rings. The van der Waals surface area contributed by atoms with Crippen LogP contribution in [0.4, 0.5) is 5.69 Å². The molecule has 0 bridgehead atoms. The maximum absolute atomic E-state index is 6.26. The van der Waals surface area contributed by atoms with Crippen molar-refractivity contribution in [1.82, 2.24) is 9.78 Å². The predicted octanol–water partition coefficient (Wildman–Crippen LogP) is 3.66. The summed E-state index contributed by atoms with van der Waals surface area (Å²) in [7, 11) is 0. The third-order valence-electron chi connectivity index (χ3n) is 3.51. The Bertz CT molecular complexity index is 562. The summed E-state index contributed by atoms with van der Waals surface area (Å²) in [5.41, 5.74) is 3.70. The minimum Gasteiger partial charge on any atom is -0.376 e. The Morgan fingerprint density at radius 1 is 1.44 bits per heavy atom. The highest BCUT2D eigenvalue weighted by Crippen LogP contribution is 2.35. The Labute approximate surface area is 112 Å². The molecule has 0 aliphatic carbocycles. The van der Waals surface area contributed by atoms with Crippen LogP contribution >= 0.6 is 11.6 Å². The molecule has 0 spiro atoms. The van der Waals surface area contributed by atoms with E-state index in [1.54, 1.807) is 6.20 Å². The standard InChI is InChI=1S/C14H16ClN3/c1-2-18-14(11(15)9-16-18)13-8-7-10-5-3-4-6-12(10)17-13/h3-6,9,13,17H,2,7-8H2,1H3. The van der Waals surface area contributed by atoms with Crippen LogP contribution in [-0.4, -0.2) is 9.78 Å². The monoisotopic (exact) mass is 261 g/mol. The zero-order chi connectivity index (χ0) is 12.5. The number of aryl methyl sites for hydroxylation is 2. The van der Waals surface area contributed by atoms with Crippen molar-refractivity contribution in [2.24, 2.45) is 0 Å². The largest absolute Gasteiger partial charge is 0.376 e. The second kappa shape index (κ2) is 4.65. The third kappa shape index (κ3) is 1.89. The molecule has 1 atom stereocenters. The van der Waals surface area contributed by atoms with Crippen molar-refractivity contribution in [3.05, 3.63) is 46.7 Å². The Kier molecular flexibility index (Phi) is 3.00. The molecule has 1 N–H and O–H groups in total. The zero-order valence-electron chi connectivity index (χ0n) is 10.4. The van der Waals surface area contributed by atoms with Crippen LogP contribution in [0.2, 0.25) is 5.02 Å². The summed E-state index contributed by atoms with van der Waals surface area (Å²) in [6.07, 6.45) is 3.88. The lowest BCUT2D eigenvalue weighted by Gasteiger charge is -2.27. The molecule has 1 aromatic carbocycles. The second-order valence-electron chi connectivity index (χ2n) is 4.59. The molecule has 0 fully saturated rings. The molecule has 1 aliphatic heterocycles. The molecule has 1 aromatic heterocycles. The SMILES string of the molecule is CCn1ncc(Cl)c1C1CCc2ccccc2N1. The summed E-state index contributed by atoms with van der Waals surface area (Å²) in [5.74, 6) is 0. The van der Waals surface area contributed by atoms with E-state index in [0.717, 1.165) is 30.1 Å². The average Bonchev–Trinajstić information content (AvgIpc) is 2.79. The maximum atomic E-state index is 6.26. The van der Waals surface area contributed by atoms with Crippen molar-refractivity contribution in [3.63, 3.8) is 0 Å². The average molecular weight is 262 g/mol. The van der Waals surface area contributed by atoms with Crippen molar-refractivity contribution in [1.29, 1.82) is 0 Å². The molecular formula is C14H16ClN3. The molecule has 1 aliphatic rings. The summed E-state index contributed by atoms with van der Waals surface area (Å²) < 4.78 is 1.98. The molecule has 3 rings (SSSR count). The highest BCUT2D eigenvalue weighted by atomic mass is 35.5. The first-order chi connectivity index (χ1) is 8.79. The van der Waals surface area contributed by atoms with Gasteiger partial charge in [-0.1, -0.05) is 29.8 Å². The molecule has 94 valence electrons. The van der Waals surface area contributed by atoms with Crippen molar-refractivity contribution >= 4 is 17.3 Å². The minimum absolute atomic E-state index is 0.259. The van der Waals surface area contributed by atoms with Gasteiger partial charge in [0.15, 0.2) is 0 Å². The molecule has 3 nitrogen and oxygen atoms in total. The fourth-order valence-corrected chi connectivity index (χ4v) is 2.89. The van der Waals surface area contributed by atoms with Crippen LogP contribution in [0.25, 0.3) is 0 Å². The van der Waals surface area contributed by atoms with Crippen LogP contribution < -0.4 is 5.32 Å². The quantitative estimate of drug-likeness (QED) is 0.894. The molecule has 0 amide bonds. The fraction of sp³-hybridized carbons (Fsp3) is 0.357. The lowest BCUT2D eigenvalue weighted by molar-refractivity contribution is 0.559. The molecule has 1 unspecified atom stereocenters. The minimum atomic E-state index is 0.259. The van der Waals surface area contributed by atoms with Crippen LogP contribution in [0.15, 0.2) is 30.5 Å². The van der Waals surface area contributed by atoms with E-state index in [9.17, 15) is 0 Å². The van der Waals surface area contributed by atoms with Gasteiger partial charge in [0.25, 0.3) is 0 Å². The number of aromatic nitrogens is 2. The number of benzene rings is 1. The number of halogens is 1. The first-order valence-electron chi connectivity index (χ1n) is 6.35. The van der Waals surface area contributed by atoms with Gasteiger partial charge in [-0.25, -0.2) is 0 Å². The number of nitrogens with one attached hydrogen (secondary N) is 1. The lowest BCUT2D eigenvalue weighted by Crippen LogP contribution is -2.21. The molecule has 4 heteroatoms. The normalized spacial score (nSPS) is 18.2. The van der Waals surface area contributed by atoms with Crippen molar-refractivity contribution in [3.8, 4) is 0 Å². The summed E-state index contributed by atoms with van der Waals surface area (Å²) in [6.45, 7) is 2.94. The van der Waals surface area contributed by atoms with Gasteiger partial charge in [0.05, 0.1) is 23.0 Å². The van der Waals surface area contributed by atoms with E-state index in [1.807, 2.05) is 4.68 Å². The van der Waals surface area contributed by atoms with Gasteiger partial charge in [0.1, 0.15) is 0 Å². The maximum Gasteiger partial charge on any atom is 0.0839 e. The molecule has 18 heavy (non-hydrogen) atoms. The lowest BCUT2D eigenvalue weighted by atomic mass is 9.96. The van der Waals surface area contributed by atoms with Gasteiger partial charge in [0, 0.05) is 12.2 Å². The first-order valence-corrected chi connectivity index (χ1v) is 6.73. The van der Waals surface area contributed by atoms with Crippen LogP contribution in [0.1, 0.15) is 30.6 Å².